The highest BCUT2D eigenvalue weighted by molar-refractivity contribution is 5.97. The van der Waals surface area contributed by atoms with E-state index >= 15 is 0 Å². The van der Waals surface area contributed by atoms with Crippen LogP contribution < -0.4 is 4.90 Å². The van der Waals surface area contributed by atoms with Gasteiger partial charge in [0.15, 0.2) is 0 Å². The lowest BCUT2D eigenvalue weighted by Crippen LogP contribution is -2.25. The number of benzene rings is 2. The summed E-state index contributed by atoms with van der Waals surface area (Å²) in [5, 5.41) is 0. The lowest BCUT2D eigenvalue weighted by Gasteiger charge is -2.19. The number of nitrogens with zero attached hydrogens (tertiary/aromatic N) is 3. The highest BCUT2D eigenvalue weighted by Gasteiger charge is 2.35. The van der Waals surface area contributed by atoms with Gasteiger partial charge in [-0.05, 0) is 30.7 Å². The van der Waals surface area contributed by atoms with E-state index in [-0.39, 0.29) is 11.8 Å². The number of aryl methyl sites for hydroxylation is 1. The van der Waals surface area contributed by atoms with Crippen LogP contribution in [0.15, 0.2) is 61.2 Å². The number of allylic oxidation sites excluding steroid dienone is 1. The molecule has 0 aliphatic carbocycles. The zero-order valence-electron chi connectivity index (χ0n) is 14.4. The van der Waals surface area contributed by atoms with Crippen molar-refractivity contribution in [3.63, 3.8) is 0 Å². The SMILES string of the molecule is C=CCn1c([C@@H]2CC(=O)N(c3ccccc3C)C2)nc2ccccc21. The maximum atomic E-state index is 12.7. The Bertz CT molecular complexity index is 957. The minimum Gasteiger partial charge on any atom is -0.324 e. The summed E-state index contributed by atoms with van der Waals surface area (Å²) in [4.78, 5) is 19.4. The van der Waals surface area contributed by atoms with Gasteiger partial charge in [-0.1, -0.05) is 36.4 Å². The van der Waals surface area contributed by atoms with Crippen LogP contribution in [-0.2, 0) is 11.3 Å². The summed E-state index contributed by atoms with van der Waals surface area (Å²) in [5.41, 5.74) is 4.19. The number of hydrogen-bond donors (Lipinski definition) is 0. The normalized spacial score (nSPS) is 17.4. The molecule has 0 radical (unpaired) electrons. The minimum absolute atomic E-state index is 0.0967. The molecule has 25 heavy (non-hydrogen) atoms. The van der Waals surface area contributed by atoms with Crippen molar-refractivity contribution in [2.75, 3.05) is 11.4 Å². The van der Waals surface area contributed by atoms with Crippen LogP contribution in [0.3, 0.4) is 0 Å². The average molecular weight is 331 g/mol. The van der Waals surface area contributed by atoms with Gasteiger partial charge in [0.05, 0.1) is 11.0 Å². The van der Waals surface area contributed by atoms with E-state index in [1.165, 1.54) is 0 Å². The number of hydrogen-bond acceptors (Lipinski definition) is 2. The van der Waals surface area contributed by atoms with Gasteiger partial charge in [0.1, 0.15) is 5.82 Å². The third-order valence-corrected chi connectivity index (χ3v) is 4.89. The molecule has 1 atom stereocenters. The second-order valence-corrected chi connectivity index (χ2v) is 6.55. The molecule has 0 N–H and O–H groups in total. The Kier molecular flexibility index (Phi) is 3.88. The zero-order valence-corrected chi connectivity index (χ0v) is 14.4. The van der Waals surface area contributed by atoms with E-state index in [0.717, 1.165) is 28.1 Å². The van der Waals surface area contributed by atoms with Crippen molar-refractivity contribution in [1.29, 1.82) is 0 Å². The quantitative estimate of drug-likeness (QED) is 0.676. The van der Waals surface area contributed by atoms with Crippen molar-refractivity contribution in [3.8, 4) is 0 Å². The Balaban J connectivity index is 1.73. The van der Waals surface area contributed by atoms with E-state index in [1.807, 2.05) is 60.4 Å². The van der Waals surface area contributed by atoms with Crippen molar-refractivity contribution in [1.82, 2.24) is 9.55 Å². The van der Waals surface area contributed by atoms with Crippen LogP contribution in [0.25, 0.3) is 11.0 Å². The first kappa shape index (κ1) is 15.6. The number of fused-ring (bicyclic) bond motifs is 1. The van der Waals surface area contributed by atoms with Crippen molar-refractivity contribution in [3.05, 3.63) is 72.6 Å². The molecule has 3 aromatic rings. The van der Waals surface area contributed by atoms with Gasteiger partial charge in [-0.15, -0.1) is 6.58 Å². The van der Waals surface area contributed by atoms with Gasteiger partial charge < -0.3 is 9.47 Å². The molecule has 1 aromatic heterocycles. The number of anilines is 1. The predicted molar refractivity (Wildman–Crippen MR) is 101 cm³/mol. The molecule has 0 bridgehead atoms. The molecule has 4 heteroatoms. The number of carbonyl (C=O) groups excluding carboxylic acids is 1. The lowest BCUT2D eigenvalue weighted by molar-refractivity contribution is -0.117. The van der Waals surface area contributed by atoms with Gasteiger partial charge in [0.25, 0.3) is 0 Å². The van der Waals surface area contributed by atoms with E-state index < -0.39 is 0 Å². The largest absolute Gasteiger partial charge is 0.324 e. The van der Waals surface area contributed by atoms with E-state index in [0.29, 0.717) is 19.5 Å². The van der Waals surface area contributed by atoms with Crippen molar-refractivity contribution in [2.24, 2.45) is 0 Å². The van der Waals surface area contributed by atoms with Crippen LogP contribution >= 0.6 is 0 Å². The topological polar surface area (TPSA) is 38.1 Å². The third-order valence-electron chi connectivity index (χ3n) is 4.89. The fourth-order valence-corrected chi connectivity index (χ4v) is 3.71. The number of amides is 1. The van der Waals surface area contributed by atoms with Crippen LogP contribution in [0.4, 0.5) is 5.69 Å². The molecule has 4 rings (SSSR count). The first-order valence-electron chi connectivity index (χ1n) is 8.61. The highest BCUT2D eigenvalue weighted by atomic mass is 16.2. The van der Waals surface area contributed by atoms with Gasteiger partial charge >= 0.3 is 0 Å². The molecule has 126 valence electrons. The summed E-state index contributed by atoms with van der Waals surface area (Å²) in [6, 6.07) is 16.2. The van der Waals surface area contributed by atoms with Crippen molar-refractivity contribution in [2.45, 2.75) is 25.8 Å². The summed E-state index contributed by atoms with van der Waals surface area (Å²) in [6.45, 7) is 7.29. The highest BCUT2D eigenvalue weighted by Crippen LogP contribution is 2.34. The molecular formula is C21H21N3O. The predicted octanol–water partition coefficient (Wildman–Crippen LogP) is 4.05. The van der Waals surface area contributed by atoms with E-state index in [4.69, 9.17) is 4.98 Å². The molecule has 4 nitrogen and oxygen atoms in total. The monoisotopic (exact) mass is 331 g/mol. The Labute approximate surface area is 147 Å². The Morgan fingerprint density at radius 3 is 2.76 bits per heavy atom. The molecule has 1 saturated heterocycles. The Morgan fingerprint density at radius 2 is 1.96 bits per heavy atom. The second kappa shape index (κ2) is 6.20. The summed E-state index contributed by atoms with van der Waals surface area (Å²) < 4.78 is 2.18. The number of para-hydroxylation sites is 3. The molecule has 0 unspecified atom stereocenters. The lowest BCUT2D eigenvalue weighted by atomic mass is 10.1. The maximum absolute atomic E-state index is 12.7. The number of aromatic nitrogens is 2. The fourth-order valence-electron chi connectivity index (χ4n) is 3.71. The first-order valence-corrected chi connectivity index (χ1v) is 8.61. The molecule has 1 fully saturated rings. The number of imidazole rings is 1. The zero-order chi connectivity index (χ0) is 17.4. The van der Waals surface area contributed by atoms with Gasteiger partial charge in [0, 0.05) is 31.1 Å². The molecule has 1 aliphatic rings. The molecule has 1 amide bonds. The molecule has 0 saturated carbocycles. The van der Waals surface area contributed by atoms with Gasteiger partial charge in [-0.3, -0.25) is 4.79 Å². The van der Waals surface area contributed by atoms with E-state index in [9.17, 15) is 4.79 Å². The van der Waals surface area contributed by atoms with Crippen LogP contribution in [0, 0.1) is 6.92 Å². The summed E-state index contributed by atoms with van der Waals surface area (Å²) in [6.07, 6.45) is 2.38. The van der Waals surface area contributed by atoms with Crippen molar-refractivity contribution < 1.29 is 4.79 Å². The molecule has 2 heterocycles. The van der Waals surface area contributed by atoms with Gasteiger partial charge in [-0.2, -0.15) is 0 Å². The van der Waals surface area contributed by atoms with Gasteiger partial charge in [0.2, 0.25) is 5.91 Å². The summed E-state index contributed by atoms with van der Waals surface area (Å²) in [7, 11) is 0. The van der Waals surface area contributed by atoms with Crippen LogP contribution in [0.1, 0.15) is 23.7 Å². The van der Waals surface area contributed by atoms with E-state index in [2.05, 4.69) is 17.2 Å². The number of carbonyl (C=O) groups is 1. The maximum Gasteiger partial charge on any atom is 0.227 e. The molecular weight excluding hydrogens is 310 g/mol. The average Bonchev–Trinajstić information content (AvgIpc) is 3.17. The number of rotatable bonds is 4. The second-order valence-electron chi connectivity index (χ2n) is 6.55. The first-order chi connectivity index (χ1) is 12.2. The molecule has 1 aliphatic heterocycles. The summed E-state index contributed by atoms with van der Waals surface area (Å²) in [5.74, 6) is 1.24. The Morgan fingerprint density at radius 1 is 1.20 bits per heavy atom. The van der Waals surface area contributed by atoms with Crippen LogP contribution in [-0.4, -0.2) is 22.0 Å². The third kappa shape index (κ3) is 2.64. The van der Waals surface area contributed by atoms with Crippen molar-refractivity contribution >= 4 is 22.6 Å². The van der Waals surface area contributed by atoms with E-state index in [1.54, 1.807) is 0 Å². The van der Waals surface area contributed by atoms with Crippen LogP contribution in [0.5, 0.6) is 0 Å². The standard InChI is InChI=1S/C21H21N3O/c1-3-12-23-19-11-7-5-9-17(19)22-21(23)16-13-20(25)24(14-16)18-10-6-4-8-15(18)2/h3-11,16H,1,12-14H2,2H3/t16-/m1/s1. The Hall–Kier alpha value is -2.88. The summed E-state index contributed by atoms with van der Waals surface area (Å²) >= 11 is 0. The van der Waals surface area contributed by atoms with Gasteiger partial charge in [-0.25, -0.2) is 4.98 Å². The smallest absolute Gasteiger partial charge is 0.227 e. The fraction of sp³-hybridized carbons (Fsp3) is 0.238. The molecule has 2 aromatic carbocycles. The molecule has 0 spiro atoms. The minimum atomic E-state index is 0.0967. The van der Waals surface area contributed by atoms with Crippen LogP contribution in [0.2, 0.25) is 0 Å².